The highest BCUT2D eigenvalue weighted by molar-refractivity contribution is 6.30. The van der Waals surface area contributed by atoms with Crippen LogP contribution in [0, 0.1) is 6.92 Å². The number of aromatic nitrogens is 1. The van der Waals surface area contributed by atoms with Gasteiger partial charge in [0.05, 0.1) is 5.02 Å². The van der Waals surface area contributed by atoms with Crippen molar-refractivity contribution in [2.24, 2.45) is 0 Å². The molecule has 0 fully saturated rings. The second-order valence-corrected chi connectivity index (χ2v) is 3.67. The number of aryl methyl sites for hydroxylation is 1. The molecule has 1 aromatic heterocycles. The summed E-state index contributed by atoms with van der Waals surface area (Å²) >= 11 is 5.72. The summed E-state index contributed by atoms with van der Waals surface area (Å²) in [5, 5.41) is 0.603. The fourth-order valence-corrected chi connectivity index (χ4v) is 1.26. The van der Waals surface area contributed by atoms with Gasteiger partial charge in [0.2, 0.25) is 5.88 Å². The minimum Gasteiger partial charge on any atom is -0.439 e. The molecule has 0 radical (unpaired) electrons. The molecule has 0 N–H and O–H groups in total. The summed E-state index contributed by atoms with van der Waals surface area (Å²) in [7, 11) is 0. The van der Waals surface area contributed by atoms with Crippen LogP contribution in [0.5, 0.6) is 11.6 Å². The summed E-state index contributed by atoms with van der Waals surface area (Å²) in [5.41, 5.74) is 1.20. The van der Waals surface area contributed by atoms with E-state index in [1.54, 1.807) is 18.3 Å². The average molecular weight is 280 g/mol. The Hall–Kier alpha value is -1.54. The van der Waals surface area contributed by atoms with E-state index in [1.165, 1.54) is 5.56 Å². The first-order chi connectivity index (χ1) is 9.24. The second-order valence-electron chi connectivity index (χ2n) is 3.23. The first-order valence-electron chi connectivity index (χ1n) is 6.60. The monoisotopic (exact) mass is 279 g/mol. The number of halogens is 1. The molecule has 0 amide bonds. The van der Waals surface area contributed by atoms with Gasteiger partial charge in [0.25, 0.3) is 0 Å². The predicted octanol–water partition coefficient (Wildman–Crippen LogP) is 5.89. The number of hydrogen-bond donors (Lipinski definition) is 0. The van der Waals surface area contributed by atoms with Crippen LogP contribution in [0.1, 0.15) is 33.3 Å². The molecule has 2 nitrogen and oxygen atoms in total. The van der Waals surface area contributed by atoms with Gasteiger partial charge in [-0.1, -0.05) is 57.0 Å². The molecule has 0 aliphatic heterocycles. The Morgan fingerprint density at radius 3 is 1.95 bits per heavy atom. The Kier molecular flexibility index (Phi) is 9.55. The maximum atomic E-state index is 5.72. The molecule has 19 heavy (non-hydrogen) atoms. The third kappa shape index (κ3) is 6.82. The van der Waals surface area contributed by atoms with E-state index in [0.29, 0.717) is 10.9 Å². The molecule has 0 aliphatic rings. The Bertz CT molecular complexity index is 394. The third-order valence-electron chi connectivity index (χ3n) is 1.94. The van der Waals surface area contributed by atoms with Gasteiger partial charge in [0, 0.05) is 12.3 Å². The van der Waals surface area contributed by atoms with Gasteiger partial charge >= 0.3 is 0 Å². The quantitative estimate of drug-likeness (QED) is 0.684. The largest absolute Gasteiger partial charge is 0.439 e. The van der Waals surface area contributed by atoms with Crippen LogP contribution >= 0.6 is 11.6 Å². The maximum Gasteiger partial charge on any atom is 0.219 e. The maximum absolute atomic E-state index is 5.72. The van der Waals surface area contributed by atoms with Gasteiger partial charge < -0.3 is 4.74 Å². The summed E-state index contributed by atoms with van der Waals surface area (Å²) in [6, 6.07) is 11.3. The molecule has 3 heteroatoms. The summed E-state index contributed by atoms with van der Waals surface area (Å²) in [6.07, 6.45) is 1.56. The molecule has 0 atom stereocenters. The number of hydrogen-bond acceptors (Lipinski definition) is 2. The van der Waals surface area contributed by atoms with Crippen LogP contribution in [-0.2, 0) is 0 Å². The highest BCUT2D eigenvalue weighted by Gasteiger charge is 1.97. The van der Waals surface area contributed by atoms with E-state index in [-0.39, 0.29) is 0 Å². The SMILES string of the molecule is CC.CC.Cc1ccc(Oc2ccc(Cl)cn2)cc1. The number of rotatable bonds is 2. The molecule has 0 unspecified atom stereocenters. The van der Waals surface area contributed by atoms with Gasteiger partial charge in [0.1, 0.15) is 5.75 Å². The summed E-state index contributed by atoms with van der Waals surface area (Å²) in [6.45, 7) is 10.0. The minimum absolute atomic E-state index is 0.545. The zero-order valence-corrected chi connectivity index (χ0v) is 13.0. The molecule has 1 heterocycles. The molecule has 0 saturated carbocycles. The van der Waals surface area contributed by atoms with E-state index in [0.717, 1.165) is 5.75 Å². The van der Waals surface area contributed by atoms with E-state index >= 15 is 0 Å². The fraction of sp³-hybridized carbons (Fsp3) is 0.312. The van der Waals surface area contributed by atoms with Gasteiger partial charge in [-0.2, -0.15) is 0 Å². The fourth-order valence-electron chi connectivity index (χ4n) is 1.15. The second kappa shape index (κ2) is 10.4. The predicted molar refractivity (Wildman–Crippen MR) is 83.2 cm³/mol. The van der Waals surface area contributed by atoms with Crippen LogP contribution in [0.3, 0.4) is 0 Å². The molecule has 2 rings (SSSR count). The minimum atomic E-state index is 0.545. The Morgan fingerprint density at radius 2 is 1.47 bits per heavy atom. The average Bonchev–Trinajstić information content (AvgIpc) is 2.48. The number of benzene rings is 1. The van der Waals surface area contributed by atoms with Crippen molar-refractivity contribution in [1.82, 2.24) is 4.98 Å². The molecule has 2 aromatic rings. The molecule has 0 aliphatic carbocycles. The summed E-state index contributed by atoms with van der Waals surface area (Å²) in [5.74, 6) is 1.32. The normalized spacial score (nSPS) is 8.53. The summed E-state index contributed by atoms with van der Waals surface area (Å²) in [4.78, 5) is 4.04. The standard InChI is InChI=1S/C12H10ClNO.2C2H6/c1-9-2-5-11(6-3-9)15-12-7-4-10(13)8-14-12;2*1-2/h2-8H,1H3;2*1-2H3. The Morgan fingerprint density at radius 1 is 0.895 bits per heavy atom. The first-order valence-corrected chi connectivity index (χ1v) is 6.98. The number of nitrogens with zero attached hydrogens (tertiary/aromatic N) is 1. The van der Waals surface area contributed by atoms with Crippen molar-refractivity contribution in [3.63, 3.8) is 0 Å². The van der Waals surface area contributed by atoms with E-state index in [2.05, 4.69) is 4.98 Å². The highest BCUT2D eigenvalue weighted by Crippen LogP contribution is 2.20. The smallest absolute Gasteiger partial charge is 0.219 e. The zero-order chi connectivity index (χ0) is 14.7. The number of ether oxygens (including phenoxy) is 1. The van der Waals surface area contributed by atoms with Crippen LogP contribution in [0.15, 0.2) is 42.6 Å². The zero-order valence-electron chi connectivity index (χ0n) is 12.3. The molecule has 1 aromatic carbocycles. The van der Waals surface area contributed by atoms with Crippen molar-refractivity contribution < 1.29 is 4.74 Å². The topological polar surface area (TPSA) is 22.1 Å². The van der Waals surface area contributed by atoms with Crippen LogP contribution in [0.4, 0.5) is 0 Å². The van der Waals surface area contributed by atoms with Crippen LogP contribution in [0.25, 0.3) is 0 Å². The van der Waals surface area contributed by atoms with Crippen LogP contribution < -0.4 is 4.74 Å². The lowest BCUT2D eigenvalue weighted by atomic mass is 10.2. The van der Waals surface area contributed by atoms with Gasteiger partial charge in [-0.25, -0.2) is 4.98 Å². The Labute approximate surface area is 121 Å². The van der Waals surface area contributed by atoms with E-state index in [1.807, 2.05) is 58.9 Å². The van der Waals surface area contributed by atoms with E-state index < -0.39 is 0 Å². The highest BCUT2D eigenvalue weighted by atomic mass is 35.5. The van der Waals surface area contributed by atoms with Crippen LogP contribution in [-0.4, -0.2) is 4.98 Å². The van der Waals surface area contributed by atoms with Crippen LogP contribution in [0.2, 0.25) is 5.02 Å². The van der Waals surface area contributed by atoms with Crippen molar-refractivity contribution >= 4 is 11.6 Å². The van der Waals surface area contributed by atoms with Crippen molar-refractivity contribution in [3.05, 3.63) is 53.2 Å². The molecule has 0 saturated heterocycles. The van der Waals surface area contributed by atoms with Crippen molar-refractivity contribution in [3.8, 4) is 11.6 Å². The van der Waals surface area contributed by atoms with Crippen molar-refractivity contribution in [1.29, 1.82) is 0 Å². The number of pyridine rings is 1. The van der Waals surface area contributed by atoms with Crippen molar-refractivity contribution in [2.75, 3.05) is 0 Å². The molecular formula is C16H22ClNO. The first kappa shape index (κ1) is 17.5. The summed E-state index contributed by atoms with van der Waals surface area (Å²) < 4.78 is 5.52. The lowest BCUT2D eigenvalue weighted by molar-refractivity contribution is 0.463. The molecule has 104 valence electrons. The molecule has 0 bridgehead atoms. The van der Waals surface area contributed by atoms with Gasteiger partial charge in [-0.05, 0) is 25.1 Å². The molecule has 0 spiro atoms. The third-order valence-corrected chi connectivity index (χ3v) is 2.17. The van der Waals surface area contributed by atoms with Crippen molar-refractivity contribution in [2.45, 2.75) is 34.6 Å². The van der Waals surface area contributed by atoms with E-state index in [4.69, 9.17) is 16.3 Å². The van der Waals surface area contributed by atoms with Gasteiger partial charge in [0.15, 0.2) is 0 Å². The lowest BCUT2D eigenvalue weighted by Gasteiger charge is -2.04. The van der Waals surface area contributed by atoms with Gasteiger partial charge in [-0.3, -0.25) is 0 Å². The Balaban J connectivity index is 0.000000741. The van der Waals surface area contributed by atoms with E-state index in [9.17, 15) is 0 Å². The molecular weight excluding hydrogens is 258 g/mol. The van der Waals surface area contributed by atoms with Gasteiger partial charge in [-0.15, -0.1) is 0 Å². The lowest BCUT2D eigenvalue weighted by Crippen LogP contribution is -1.86.